The predicted octanol–water partition coefficient (Wildman–Crippen LogP) is 1.56. The first-order chi connectivity index (χ1) is 4.23. The second-order valence-corrected chi connectivity index (χ2v) is 3.72. The van der Waals surface area contributed by atoms with Crippen LogP contribution in [0.25, 0.3) is 0 Å². The Morgan fingerprint density at radius 2 is 2.22 bits per heavy atom. The second-order valence-electron chi connectivity index (χ2n) is 3.72. The highest BCUT2D eigenvalue weighted by atomic mass is 16.3. The van der Waals surface area contributed by atoms with Gasteiger partial charge >= 0.3 is 0 Å². The number of hydrogen-bond acceptors (Lipinski definition) is 1. The average Bonchev–Trinajstić information content (AvgIpc) is 2.44. The molecular formula is C8H14O. The van der Waals surface area contributed by atoms with E-state index in [-0.39, 0.29) is 5.60 Å². The van der Waals surface area contributed by atoms with Crippen molar-refractivity contribution in [1.29, 1.82) is 0 Å². The Bertz CT molecular complexity index is 133. The molecule has 2 fully saturated rings. The van der Waals surface area contributed by atoms with Gasteiger partial charge in [-0.25, -0.2) is 0 Å². The van der Waals surface area contributed by atoms with E-state index >= 15 is 0 Å². The van der Waals surface area contributed by atoms with Crippen molar-refractivity contribution >= 4 is 0 Å². The fraction of sp³-hybridized carbons (Fsp3) is 1.00. The zero-order valence-corrected chi connectivity index (χ0v) is 5.93. The Morgan fingerprint density at radius 1 is 1.44 bits per heavy atom. The highest BCUT2D eigenvalue weighted by Gasteiger charge is 2.57. The van der Waals surface area contributed by atoms with E-state index in [1.165, 1.54) is 19.3 Å². The highest BCUT2D eigenvalue weighted by Crippen LogP contribution is 2.56. The second kappa shape index (κ2) is 1.51. The highest BCUT2D eigenvalue weighted by molar-refractivity contribution is 5.08. The van der Waals surface area contributed by atoms with Crippen molar-refractivity contribution in [1.82, 2.24) is 0 Å². The lowest BCUT2D eigenvalue weighted by Crippen LogP contribution is -2.25. The van der Waals surface area contributed by atoms with E-state index in [1.807, 2.05) is 0 Å². The monoisotopic (exact) mass is 126 g/mol. The van der Waals surface area contributed by atoms with Gasteiger partial charge < -0.3 is 5.11 Å². The quantitative estimate of drug-likeness (QED) is 0.522. The van der Waals surface area contributed by atoms with Gasteiger partial charge in [0.1, 0.15) is 0 Å². The van der Waals surface area contributed by atoms with Gasteiger partial charge in [-0.3, -0.25) is 0 Å². The number of fused-ring (bicyclic) bond motifs is 1. The summed E-state index contributed by atoms with van der Waals surface area (Å²) in [6.45, 7) is 2.18. The first-order valence-electron chi connectivity index (χ1n) is 3.96. The molecule has 2 saturated carbocycles. The van der Waals surface area contributed by atoms with E-state index in [4.69, 9.17) is 0 Å². The summed E-state index contributed by atoms with van der Waals surface area (Å²) in [5.74, 6) is 1.26. The van der Waals surface area contributed by atoms with Gasteiger partial charge in [-0.2, -0.15) is 0 Å². The lowest BCUT2D eigenvalue weighted by Gasteiger charge is -2.23. The van der Waals surface area contributed by atoms with Crippen LogP contribution >= 0.6 is 0 Å². The summed E-state index contributed by atoms with van der Waals surface area (Å²) in [5, 5.41) is 9.72. The molecule has 3 unspecified atom stereocenters. The van der Waals surface area contributed by atoms with Crippen molar-refractivity contribution in [3.8, 4) is 0 Å². The molecule has 0 spiro atoms. The van der Waals surface area contributed by atoms with Crippen molar-refractivity contribution < 1.29 is 5.11 Å². The summed E-state index contributed by atoms with van der Waals surface area (Å²) in [6.07, 6.45) is 4.95. The van der Waals surface area contributed by atoms with Crippen LogP contribution in [0.3, 0.4) is 0 Å². The minimum atomic E-state index is -0.196. The van der Waals surface area contributed by atoms with E-state index in [1.54, 1.807) is 0 Å². The zero-order chi connectivity index (χ0) is 6.48. The van der Waals surface area contributed by atoms with Gasteiger partial charge in [-0.05, 0) is 31.1 Å². The molecule has 0 aliphatic heterocycles. The van der Waals surface area contributed by atoms with Crippen LogP contribution in [0.5, 0.6) is 0 Å². The van der Waals surface area contributed by atoms with Crippen LogP contribution in [0.2, 0.25) is 0 Å². The van der Waals surface area contributed by atoms with Crippen molar-refractivity contribution in [2.45, 2.75) is 38.2 Å². The maximum atomic E-state index is 9.72. The first-order valence-corrected chi connectivity index (χ1v) is 3.96. The molecule has 1 N–H and O–H groups in total. The summed E-state index contributed by atoms with van der Waals surface area (Å²) in [4.78, 5) is 0. The first kappa shape index (κ1) is 5.72. The van der Waals surface area contributed by atoms with Crippen molar-refractivity contribution in [2.75, 3.05) is 0 Å². The van der Waals surface area contributed by atoms with E-state index in [9.17, 15) is 5.11 Å². The van der Waals surface area contributed by atoms with Crippen molar-refractivity contribution in [2.24, 2.45) is 11.8 Å². The molecule has 1 heteroatoms. The maximum absolute atomic E-state index is 9.72. The minimum Gasteiger partial charge on any atom is -0.389 e. The number of aliphatic hydroxyl groups is 1. The van der Waals surface area contributed by atoms with Crippen molar-refractivity contribution in [3.63, 3.8) is 0 Å². The van der Waals surface area contributed by atoms with Gasteiger partial charge in [0.05, 0.1) is 5.60 Å². The molecule has 2 aliphatic rings. The van der Waals surface area contributed by atoms with Crippen LogP contribution in [0.1, 0.15) is 32.6 Å². The van der Waals surface area contributed by atoms with Gasteiger partial charge in [-0.15, -0.1) is 0 Å². The Hall–Kier alpha value is -0.0400. The normalized spacial score (nSPS) is 56.7. The molecule has 0 radical (unpaired) electrons. The van der Waals surface area contributed by atoms with Gasteiger partial charge in [0.2, 0.25) is 0 Å². The maximum Gasteiger partial charge on any atom is 0.0705 e. The Kier molecular flexibility index (Phi) is 0.963. The third kappa shape index (κ3) is 0.644. The van der Waals surface area contributed by atoms with E-state index in [0.29, 0.717) is 11.8 Å². The molecule has 2 aliphatic carbocycles. The lowest BCUT2D eigenvalue weighted by molar-refractivity contribution is 0.0508. The lowest BCUT2D eigenvalue weighted by atomic mass is 9.88. The smallest absolute Gasteiger partial charge is 0.0705 e. The summed E-state index contributed by atoms with van der Waals surface area (Å²) in [5.41, 5.74) is -0.196. The molecule has 1 nitrogen and oxygen atoms in total. The molecule has 2 rings (SSSR count). The molecule has 0 aromatic rings. The molecule has 0 aromatic heterocycles. The molecular weight excluding hydrogens is 112 g/mol. The Morgan fingerprint density at radius 3 is 2.78 bits per heavy atom. The third-order valence-electron chi connectivity index (χ3n) is 3.16. The van der Waals surface area contributed by atoms with Gasteiger partial charge in [0, 0.05) is 0 Å². The molecule has 0 amide bonds. The number of rotatable bonds is 0. The van der Waals surface area contributed by atoms with Crippen LogP contribution in [-0.2, 0) is 0 Å². The largest absolute Gasteiger partial charge is 0.389 e. The summed E-state index contributed by atoms with van der Waals surface area (Å²) in [7, 11) is 0. The summed E-state index contributed by atoms with van der Waals surface area (Å²) >= 11 is 0. The fourth-order valence-corrected chi connectivity index (χ4v) is 2.21. The standard InChI is InChI=1S/C8H14O/c1-6-3-2-4-7-5-8(6,7)9/h6-7,9H,2-5H2,1H3. The van der Waals surface area contributed by atoms with E-state index in [0.717, 1.165) is 6.42 Å². The van der Waals surface area contributed by atoms with Crippen LogP contribution in [0, 0.1) is 11.8 Å². The molecule has 0 saturated heterocycles. The molecule has 0 bridgehead atoms. The van der Waals surface area contributed by atoms with Crippen LogP contribution < -0.4 is 0 Å². The predicted molar refractivity (Wildman–Crippen MR) is 36.1 cm³/mol. The van der Waals surface area contributed by atoms with Crippen LogP contribution in [0.4, 0.5) is 0 Å². The molecule has 0 aromatic carbocycles. The van der Waals surface area contributed by atoms with Crippen LogP contribution in [-0.4, -0.2) is 10.7 Å². The average molecular weight is 126 g/mol. The minimum absolute atomic E-state index is 0.196. The van der Waals surface area contributed by atoms with Gasteiger partial charge in [-0.1, -0.05) is 13.3 Å². The van der Waals surface area contributed by atoms with Crippen molar-refractivity contribution in [3.05, 3.63) is 0 Å². The van der Waals surface area contributed by atoms with E-state index in [2.05, 4.69) is 6.92 Å². The zero-order valence-electron chi connectivity index (χ0n) is 5.93. The Labute approximate surface area is 56.1 Å². The number of hydrogen-bond donors (Lipinski definition) is 1. The summed E-state index contributed by atoms with van der Waals surface area (Å²) < 4.78 is 0. The molecule has 9 heavy (non-hydrogen) atoms. The van der Waals surface area contributed by atoms with Gasteiger partial charge in [0.25, 0.3) is 0 Å². The third-order valence-corrected chi connectivity index (χ3v) is 3.16. The SMILES string of the molecule is CC1CCCC2CC12O. The molecule has 52 valence electrons. The molecule has 0 heterocycles. The van der Waals surface area contributed by atoms with Crippen LogP contribution in [0.15, 0.2) is 0 Å². The Balaban J connectivity index is 2.10. The fourth-order valence-electron chi connectivity index (χ4n) is 2.21. The molecule has 3 atom stereocenters. The van der Waals surface area contributed by atoms with Gasteiger partial charge in [0.15, 0.2) is 0 Å². The topological polar surface area (TPSA) is 20.2 Å². The van der Waals surface area contributed by atoms with E-state index < -0.39 is 0 Å². The summed E-state index contributed by atoms with van der Waals surface area (Å²) in [6, 6.07) is 0.